The number of nitrogens with zero attached hydrogens (tertiary/aromatic N) is 1. The lowest BCUT2D eigenvalue weighted by Crippen LogP contribution is -2.19. The van der Waals surface area contributed by atoms with E-state index >= 15 is 0 Å². The van der Waals surface area contributed by atoms with Gasteiger partial charge in [0, 0.05) is 6.42 Å². The van der Waals surface area contributed by atoms with Crippen molar-refractivity contribution in [3.05, 3.63) is 9.33 Å². The molecule has 8 heteroatoms. The molecule has 3 N–H and O–H groups in total. The van der Waals surface area contributed by atoms with Crippen LogP contribution in [0.1, 0.15) is 18.9 Å². The van der Waals surface area contributed by atoms with Crippen molar-refractivity contribution in [2.24, 2.45) is 0 Å². The Labute approximate surface area is 99.4 Å². The lowest BCUT2D eigenvalue weighted by Gasteiger charge is -2.13. The average Bonchev–Trinajstić information content (AvgIpc) is 2.48. The van der Waals surface area contributed by atoms with Crippen LogP contribution in [-0.2, 0) is 9.59 Å². The highest BCUT2D eigenvalue weighted by Crippen LogP contribution is 2.26. The van der Waals surface area contributed by atoms with Gasteiger partial charge in [-0.3, -0.25) is 9.36 Å². The molecule has 0 aliphatic heterocycles. The Morgan fingerprint density at radius 1 is 1.50 bits per heavy atom. The summed E-state index contributed by atoms with van der Waals surface area (Å²) in [4.78, 5) is 21.3. The van der Waals surface area contributed by atoms with Crippen molar-refractivity contribution in [2.75, 3.05) is 0 Å². The number of carboxylic acids is 2. The van der Waals surface area contributed by atoms with Gasteiger partial charge in [-0.15, -0.1) is 11.3 Å². The molecular formula is C8H9NO5S2. The summed E-state index contributed by atoms with van der Waals surface area (Å²) in [6.07, 6.45) is -0.419. The smallest absolute Gasteiger partial charge is 0.326 e. The zero-order valence-corrected chi connectivity index (χ0v) is 9.62. The van der Waals surface area contributed by atoms with Crippen molar-refractivity contribution in [1.29, 1.82) is 0 Å². The lowest BCUT2D eigenvalue weighted by atomic mass is 10.1. The number of aliphatic carboxylic acids is 2. The molecule has 0 saturated heterocycles. The Kier molecular flexibility index (Phi) is 4.02. The minimum atomic E-state index is -1.22. The molecule has 1 unspecified atom stereocenters. The second-order valence-electron chi connectivity index (χ2n) is 3.02. The van der Waals surface area contributed by atoms with Gasteiger partial charge in [0.05, 0.1) is 5.38 Å². The fraction of sp³-hybridized carbons (Fsp3) is 0.375. The van der Waals surface area contributed by atoms with Gasteiger partial charge in [0.15, 0.2) is 3.95 Å². The summed E-state index contributed by atoms with van der Waals surface area (Å²) in [6, 6.07) is -1.14. The molecular weight excluding hydrogens is 254 g/mol. The molecule has 1 rings (SSSR count). The Morgan fingerprint density at radius 2 is 2.12 bits per heavy atom. The summed E-state index contributed by atoms with van der Waals surface area (Å²) in [7, 11) is 0. The Bertz CT molecular complexity index is 463. The van der Waals surface area contributed by atoms with Gasteiger partial charge in [0.1, 0.15) is 6.04 Å². The van der Waals surface area contributed by atoms with Gasteiger partial charge in [-0.25, -0.2) is 4.79 Å². The number of rotatable bonds is 5. The van der Waals surface area contributed by atoms with E-state index in [4.69, 9.17) is 22.4 Å². The molecule has 1 atom stereocenters. The van der Waals surface area contributed by atoms with E-state index in [9.17, 15) is 14.7 Å². The highest BCUT2D eigenvalue weighted by Gasteiger charge is 2.23. The van der Waals surface area contributed by atoms with Crippen LogP contribution < -0.4 is 0 Å². The summed E-state index contributed by atoms with van der Waals surface area (Å²) < 4.78 is 1.25. The molecule has 0 aliphatic rings. The van der Waals surface area contributed by atoms with Gasteiger partial charge in [-0.1, -0.05) is 0 Å². The van der Waals surface area contributed by atoms with Crippen LogP contribution in [0.2, 0.25) is 0 Å². The van der Waals surface area contributed by atoms with Crippen LogP contribution in [0.15, 0.2) is 5.38 Å². The second-order valence-corrected chi connectivity index (χ2v) is 4.52. The van der Waals surface area contributed by atoms with E-state index in [-0.39, 0.29) is 22.7 Å². The zero-order valence-electron chi connectivity index (χ0n) is 7.99. The molecule has 16 heavy (non-hydrogen) atoms. The second kappa shape index (κ2) is 5.08. The van der Waals surface area contributed by atoms with E-state index < -0.39 is 18.0 Å². The monoisotopic (exact) mass is 263 g/mol. The summed E-state index contributed by atoms with van der Waals surface area (Å²) in [5, 5.41) is 28.2. The quantitative estimate of drug-likeness (QED) is 0.696. The number of carboxylic acid groups (broad SMARTS) is 2. The maximum absolute atomic E-state index is 10.9. The largest absolute Gasteiger partial charge is 0.494 e. The van der Waals surface area contributed by atoms with Gasteiger partial charge in [-0.05, 0) is 18.6 Å². The normalized spacial score (nSPS) is 12.2. The van der Waals surface area contributed by atoms with E-state index in [0.29, 0.717) is 0 Å². The molecule has 0 saturated carbocycles. The molecule has 0 aromatic carbocycles. The molecule has 88 valence electrons. The first-order valence-corrected chi connectivity index (χ1v) is 5.56. The van der Waals surface area contributed by atoms with Crippen molar-refractivity contribution in [1.82, 2.24) is 4.57 Å². The molecule has 0 fully saturated rings. The third-order valence-corrected chi connectivity index (χ3v) is 3.15. The lowest BCUT2D eigenvalue weighted by molar-refractivity contribution is -0.142. The predicted molar refractivity (Wildman–Crippen MR) is 58.4 cm³/mol. The molecule has 1 heterocycles. The van der Waals surface area contributed by atoms with E-state index in [2.05, 4.69) is 0 Å². The standard InChI is InChI=1S/C8H9NO5S2/c10-5-3-16-8(15)9(5)4(7(13)14)1-2-6(11)12/h3-4,10H,1-2H2,(H,11,12)(H,13,14). The van der Waals surface area contributed by atoms with Gasteiger partial charge < -0.3 is 15.3 Å². The molecule has 0 amide bonds. The maximum Gasteiger partial charge on any atom is 0.326 e. The van der Waals surface area contributed by atoms with Crippen molar-refractivity contribution in [3.8, 4) is 5.88 Å². The SMILES string of the molecule is O=C(O)CCC(C(=O)O)n1c(O)csc1=S. The van der Waals surface area contributed by atoms with Crippen molar-refractivity contribution >= 4 is 35.5 Å². The van der Waals surface area contributed by atoms with Crippen molar-refractivity contribution in [2.45, 2.75) is 18.9 Å². The van der Waals surface area contributed by atoms with Crippen LogP contribution in [0.25, 0.3) is 0 Å². The predicted octanol–water partition coefficient (Wildman–Crippen LogP) is 1.48. The fourth-order valence-corrected chi connectivity index (χ4v) is 2.24. The summed E-state index contributed by atoms with van der Waals surface area (Å²) in [5.74, 6) is -2.56. The van der Waals surface area contributed by atoms with Crippen LogP contribution in [0.3, 0.4) is 0 Å². The molecule has 0 bridgehead atoms. The first-order chi connectivity index (χ1) is 7.43. The van der Waals surface area contributed by atoms with Crippen LogP contribution in [0.5, 0.6) is 5.88 Å². The summed E-state index contributed by atoms with van der Waals surface area (Å²) in [5.41, 5.74) is 0. The van der Waals surface area contributed by atoms with Crippen LogP contribution in [0.4, 0.5) is 0 Å². The minimum absolute atomic E-state index is 0.122. The van der Waals surface area contributed by atoms with Crippen molar-refractivity contribution in [3.63, 3.8) is 0 Å². The van der Waals surface area contributed by atoms with Gasteiger partial charge >= 0.3 is 11.9 Å². The molecule has 0 aliphatic carbocycles. The Balaban J connectivity index is 2.99. The molecule has 0 spiro atoms. The minimum Gasteiger partial charge on any atom is -0.494 e. The van der Waals surface area contributed by atoms with E-state index in [1.165, 1.54) is 5.38 Å². The number of hydrogen-bond donors (Lipinski definition) is 3. The number of thiazole rings is 1. The maximum atomic E-state index is 10.9. The van der Waals surface area contributed by atoms with E-state index in [0.717, 1.165) is 15.9 Å². The van der Waals surface area contributed by atoms with Gasteiger partial charge in [0.2, 0.25) is 5.88 Å². The van der Waals surface area contributed by atoms with E-state index in [1.807, 2.05) is 0 Å². The summed E-state index contributed by atoms with van der Waals surface area (Å²) >= 11 is 5.89. The van der Waals surface area contributed by atoms with Crippen LogP contribution in [-0.4, -0.2) is 31.8 Å². The van der Waals surface area contributed by atoms with Crippen LogP contribution in [0, 0.1) is 3.95 Å². The van der Waals surface area contributed by atoms with Crippen LogP contribution >= 0.6 is 23.6 Å². The molecule has 0 radical (unpaired) electrons. The van der Waals surface area contributed by atoms with E-state index in [1.54, 1.807) is 0 Å². The number of carbonyl (C=O) groups is 2. The summed E-state index contributed by atoms with van der Waals surface area (Å²) in [6.45, 7) is 0. The average molecular weight is 263 g/mol. The number of hydrogen-bond acceptors (Lipinski definition) is 5. The third kappa shape index (κ3) is 2.80. The topological polar surface area (TPSA) is 99.8 Å². The highest BCUT2D eigenvalue weighted by atomic mass is 32.1. The first kappa shape index (κ1) is 12.7. The fourth-order valence-electron chi connectivity index (χ4n) is 1.22. The number of aromatic hydroxyl groups is 1. The highest BCUT2D eigenvalue weighted by molar-refractivity contribution is 7.73. The third-order valence-electron chi connectivity index (χ3n) is 1.94. The first-order valence-electron chi connectivity index (χ1n) is 4.27. The van der Waals surface area contributed by atoms with Gasteiger partial charge in [0.25, 0.3) is 0 Å². The Hall–Kier alpha value is -1.41. The Morgan fingerprint density at radius 3 is 2.50 bits per heavy atom. The molecule has 1 aromatic rings. The molecule has 1 aromatic heterocycles. The number of aromatic nitrogens is 1. The van der Waals surface area contributed by atoms with Crippen molar-refractivity contribution < 1.29 is 24.9 Å². The zero-order chi connectivity index (χ0) is 12.3. The van der Waals surface area contributed by atoms with Gasteiger partial charge in [-0.2, -0.15) is 0 Å². The molecule has 6 nitrogen and oxygen atoms in total.